The minimum Gasteiger partial charge on any atom is -0.375 e. The highest BCUT2D eigenvalue weighted by Crippen LogP contribution is 2.13. The molecule has 0 bridgehead atoms. The first-order valence-corrected chi connectivity index (χ1v) is 7.30. The molecular formula is C17H18N4O3. The molecule has 0 saturated heterocycles. The summed E-state index contributed by atoms with van der Waals surface area (Å²) in [7, 11) is 0. The van der Waals surface area contributed by atoms with Crippen LogP contribution >= 0.6 is 0 Å². The maximum absolute atomic E-state index is 11.8. The van der Waals surface area contributed by atoms with Gasteiger partial charge in [-0.3, -0.25) is 14.9 Å². The number of urea groups is 1. The number of carbonyl (C=O) groups excluding carboxylic acids is 3. The lowest BCUT2D eigenvalue weighted by molar-refractivity contribution is -0.118. The molecule has 2 aromatic rings. The lowest BCUT2D eigenvalue weighted by atomic mass is 10.1. The van der Waals surface area contributed by atoms with Gasteiger partial charge < -0.3 is 16.4 Å². The van der Waals surface area contributed by atoms with Crippen molar-refractivity contribution in [3.8, 4) is 0 Å². The zero-order chi connectivity index (χ0) is 17.4. The summed E-state index contributed by atoms with van der Waals surface area (Å²) in [6, 6.07) is 15.3. The number of amides is 4. The molecule has 0 fully saturated rings. The lowest BCUT2D eigenvalue weighted by Gasteiger charge is -2.10. The third-order valence-corrected chi connectivity index (χ3v) is 3.18. The number of nitrogens with one attached hydrogen (secondary N) is 3. The molecule has 2 aromatic carbocycles. The monoisotopic (exact) mass is 326 g/mol. The van der Waals surface area contributed by atoms with Crippen LogP contribution in [0.5, 0.6) is 0 Å². The van der Waals surface area contributed by atoms with Crippen LogP contribution in [-0.4, -0.2) is 24.4 Å². The second-order valence-electron chi connectivity index (χ2n) is 4.98. The first kappa shape index (κ1) is 17.0. The van der Waals surface area contributed by atoms with Gasteiger partial charge in [0.25, 0.3) is 5.91 Å². The van der Waals surface area contributed by atoms with Gasteiger partial charge >= 0.3 is 6.03 Å². The molecule has 0 unspecified atom stereocenters. The van der Waals surface area contributed by atoms with Crippen molar-refractivity contribution in [1.29, 1.82) is 0 Å². The number of rotatable bonds is 6. The van der Waals surface area contributed by atoms with E-state index < -0.39 is 17.8 Å². The Kier molecular flexibility index (Phi) is 5.90. The van der Waals surface area contributed by atoms with E-state index in [9.17, 15) is 14.4 Å². The zero-order valence-electron chi connectivity index (χ0n) is 12.9. The van der Waals surface area contributed by atoms with Crippen LogP contribution in [0.4, 0.5) is 10.5 Å². The molecule has 24 heavy (non-hydrogen) atoms. The lowest BCUT2D eigenvalue weighted by Crippen LogP contribution is -2.41. The highest BCUT2D eigenvalue weighted by Gasteiger charge is 2.10. The predicted molar refractivity (Wildman–Crippen MR) is 90.3 cm³/mol. The van der Waals surface area contributed by atoms with E-state index >= 15 is 0 Å². The van der Waals surface area contributed by atoms with Crippen molar-refractivity contribution in [3.63, 3.8) is 0 Å². The third kappa shape index (κ3) is 5.13. The average Bonchev–Trinajstić information content (AvgIpc) is 2.59. The first-order valence-electron chi connectivity index (χ1n) is 7.30. The smallest absolute Gasteiger partial charge is 0.321 e. The highest BCUT2D eigenvalue weighted by molar-refractivity contribution is 6.00. The van der Waals surface area contributed by atoms with E-state index in [1.54, 1.807) is 24.3 Å². The Labute approximate surface area is 139 Å². The summed E-state index contributed by atoms with van der Waals surface area (Å²) in [5, 5.41) is 7.57. The van der Waals surface area contributed by atoms with Gasteiger partial charge in [0.05, 0.1) is 12.1 Å². The van der Waals surface area contributed by atoms with Gasteiger partial charge in [0.1, 0.15) is 0 Å². The van der Waals surface area contributed by atoms with Crippen molar-refractivity contribution in [1.82, 2.24) is 10.6 Å². The Morgan fingerprint density at radius 1 is 0.917 bits per heavy atom. The van der Waals surface area contributed by atoms with Gasteiger partial charge in [-0.05, 0) is 17.7 Å². The Hall–Kier alpha value is -3.35. The van der Waals surface area contributed by atoms with E-state index in [0.29, 0.717) is 12.2 Å². The largest absolute Gasteiger partial charge is 0.375 e. The Balaban J connectivity index is 1.79. The van der Waals surface area contributed by atoms with E-state index in [2.05, 4.69) is 16.0 Å². The second-order valence-corrected chi connectivity index (χ2v) is 4.98. The van der Waals surface area contributed by atoms with E-state index in [1.807, 2.05) is 30.3 Å². The summed E-state index contributed by atoms with van der Waals surface area (Å²) < 4.78 is 0. The van der Waals surface area contributed by atoms with Crippen molar-refractivity contribution in [3.05, 3.63) is 65.7 Å². The summed E-state index contributed by atoms with van der Waals surface area (Å²) in [6.07, 6.45) is 0. The molecule has 7 heteroatoms. The molecule has 0 radical (unpaired) electrons. The quantitative estimate of drug-likeness (QED) is 0.639. The van der Waals surface area contributed by atoms with Crippen LogP contribution in [0.25, 0.3) is 0 Å². The van der Waals surface area contributed by atoms with Crippen LogP contribution in [0.3, 0.4) is 0 Å². The molecule has 0 spiro atoms. The maximum atomic E-state index is 11.8. The molecule has 0 aliphatic rings. The number of primary amides is 1. The Morgan fingerprint density at radius 2 is 1.58 bits per heavy atom. The molecule has 4 amide bonds. The fraction of sp³-hybridized carbons (Fsp3) is 0.118. The number of anilines is 1. The molecule has 0 aromatic heterocycles. The maximum Gasteiger partial charge on any atom is 0.321 e. The molecule has 0 aliphatic heterocycles. The van der Waals surface area contributed by atoms with Crippen molar-refractivity contribution >= 4 is 23.5 Å². The minimum atomic E-state index is -0.598. The van der Waals surface area contributed by atoms with Gasteiger partial charge in [-0.25, -0.2) is 4.79 Å². The number of carbonyl (C=O) groups is 3. The fourth-order valence-electron chi connectivity index (χ4n) is 2.02. The molecule has 2 rings (SSSR count). The van der Waals surface area contributed by atoms with E-state index in [4.69, 9.17) is 5.73 Å². The first-order chi connectivity index (χ1) is 11.6. The molecular weight excluding hydrogens is 308 g/mol. The van der Waals surface area contributed by atoms with Crippen LogP contribution < -0.4 is 21.7 Å². The zero-order valence-corrected chi connectivity index (χ0v) is 12.9. The number of para-hydroxylation sites is 1. The standard InChI is InChI=1S/C17H18N4O3/c18-16(23)13-8-4-5-9-14(13)19-11-15(22)21-17(24)20-10-12-6-2-1-3-7-12/h1-9,19H,10-11H2,(H2,18,23)(H2,20,21,22,24). The molecule has 0 heterocycles. The molecule has 124 valence electrons. The topological polar surface area (TPSA) is 113 Å². The number of benzene rings is 2. The average molecular weight is 326 g/mol. The predicted octanol–water partition coefficient (Wildman–Crippen LogP) is 1.22. The van der Waals surface area contributed by atoms with Crippen LogP contribution in [0, 0.1) is 0 Å². The van der Waals surface area contributed by atoms with E-state index in [-0.39, 0.29) is 12.1 Å². The number of imide groups is 1. The molecule has 0 saturated carbocycles. The number of nitrogens with two attached hydrogens (primary N) is 1. The minimum absolute atomic E-state index is 0.164. The molecule has 0 atom stereocenters. The number of hydrogen-bond donors (Lipinski definition) is 4. The van der Waals surface area contributed by atoms with Crippen LogP contribution in [0.1, 0.15) is 15.9 Å². The van der Waals surface area contributed by atoms with E-state index in [1.165, 1.54) is 0 Å². The Bertz CT molecular complexity index is 732. The van der Waals surface area contributed by atoms with Crippen LogP contribution in [-0.2, 0) is 11.3 Å². The van der Waals surface area contributed by atoms with Crippen molar-refractivity contribution in [2.45, 2.75) is 6.54 Å². The molecule has 7 nitrogen and oxygen atoms in total. The fourth-order valence-corrected chi connectivity index (χ4v) is 2.02. The van der Waals surface area contributed by atoms with E-state index in [0.717, 1.165) is 5.56 Å². The Morgan fingerprint density at radius 3 is 2.29 bits per heavy atom. The van der Waals surface area contributed by atoms with Gasteiger partial charge in [-0.15, -0.1) is 0 Å². The van der Waals surface area contributed by atoms with Crippen molar-refractivity contribution in [2.24, 2.45) is 5.73 Å². The van der Waals surface area contributed by atoms with Crippen LogP contribution in [0.2, 0.25) is 0 Å². The summed E-state index contributed by atoms with van der Waals surface area (Å²) in [5.74, 6) is -1.13. The van der Waals surface area contributed by atoms with Gasteiger partial charge in [-0.2, -0.15) is 0 Å². The SMILES string of the molecule is NC(=O)c1ccccc1NCC(=O)NC(=O)NCc1ccccc1. The summed E-state index contributed by atoms with van der Waals surface area (Å²) in [6.45, 7) is 0.154. The summed E-state index contributed by atoms with van der Waals surface area (Å²) >= 11 is 0. The van der Waals surface area contributed by atoms with Gasteiger partial charge in [0.15, 0.2) is 0 Å². The van der Waals surface area contributed by atoms with Crippen molar-refractivity contribution in [2.75, 3.05) is 11.9 Å². The second kappa shape index (κ2) is 8.33. The summed E-state index contributed by atoms with van der Waals surface area (Å²) in [5.41, 5.74) is 6.89. The number of hydrogen-bond acceptors (Lipinski definition) is 4. The highest BCUT2D eigenvalue weighted by atomic mass is 16.2. The molecule has 0 aliphatic carbocycles. The van der Waals surface area contributed by atoms with Gasteiger partial charge in [-0.1, -0.05) is 42.5 Å². The molecule has 5 N–H and O–H groups in total. The van der Waals surface area contributed by atoms with Gasteiger partial charge in [0, 0.05) is 12.2 Å². The van der Waals surface area contributed by atoms with Crippen LogP contribution in [0.15, 0.2) is 54.6 Å². The summed E-state index contributed by atoms with van der Waals surface area (Å²) in [4.78, 5) is 34.7. The van der Waals surface area contributed by atoms with Gasteiger partial charge in [0.2, 0.25) is 5.91 Å². The third-order valence-electron chi connectivity index (χ3n) is 3.18. The normalized spacial score (nSPS) is 9.83. The van der Waals surface area contributed by atoms with Crippen molar-refractivity contribution < 1.29 is 14.4 Å².